The molecule has 2 aromatic carbocycles. The van der Waals surface area contributed by atoms with Gasteiger partial charge in [0.2, 0.25) is 5.91 Å². The number of hydrogen-bond acceptors (Lipinski definition) is 3. The summed E-state index contributed by atoms with van der Waals surface area (Å²) in [6.45, 7) is 5.93. The lowest BCUT2D eigenvalue weighted by Crippen LogP contribution is -2.49. The number of anilines is 1. The van der Waals surface area contributed by atoms with E-state index in [4.69, 9.17) is 11.6 Å². The zero-order valence-corrected chi connectivity index (χ0v) is 18.1. The molecular weight excluding hydrogens is 426 g/mol. The van der Waals surface area contributed by atoms with Crippen LogP contribution in [0.4, 0.5) is 14.5 Å². The number of benzene rings is 2. The second kappa shape index (κ2) is 7.28. The van der Waals surface area contributed by atoms with E-state index in [1.54, 1.807) is 18.2 Å². The molecule has 0 radical (unpaired) electrons. The normalized spacial score (nSPS) is 27.4. The fourth-order valence-electron chi connectivity index (χ4n) is 5.14. The predicted octanol–water partition coefficient (Wildman–Crippen LogP) is 4.45. The number of carboxylic acids is 1. The van der Waals surface area contributed by atoms with Gasteiger partial charge in [0.1, 0.15) is 11.5 Å². The number of hydrogen-bond donors (Lipinski definition) is 3. The number of carboxylic acid groups (broad SMARTS) is 1. The number of rotatable bonds is 3. The van der Waals surface area contributed by atoms with Gasteiger partial charge in [-0.1, -0.05) is 50.6 Å². The molecule has 1 fully saturated rings. The third-order valence-corrected chi connectivity index (χ3v) is 6.44. The van der Waals surface area contributed by atoms with Gasteiger partial charge in [-0.3, -0.25) is 14.9 Å². The van der Waals surface area contributed by atoms with Crippen LogP contribution in [0.2, 0.25) is 5.02 Å². The van der Waals surface area contributed by atoms with E-state index in [1.807, 2.05) is 20.8 Å². The summed E-state index contributed by atoms with van der Waals surface area (Å²) in [5.41, 5.74) is -0.898. The van der Waals surface area contributed by atoms with Crippen molar-refractivity contribution in [1.82, 2.24) is 5.32 Å². The maximum Gasteiger partial charge on any atom is 0.321 e. The van der Waals surface area contributed by atoms with Crippen molar-refractivity contribution in [3.8, 4) is 0 Å². The number of amides is 1. The Morgan fingerprint density at radius 2 is 1.94 bits per heavy atom. The van der Waals surface area contributed by atoms with Gasteiger partial charge >= 0.3 is 5.97 Å². The Morgan fingerprint density at radius 3 is 2.58 bits per heavy atom. The standard InChI is InChI=1S/C23H23ClF2N2O3/c1-22(2,3)10-16-23(13-8-7-11(24)9-15(13)27-21(23)31)17(19(28-16)20(29)30)12-5-4-6-14(25)18(12)26/h4-9,16-17,19,28H,10H2,1-3H3,(H,27,31)(H,29,30)/t16-,17-,19+,23?/m0/s1. The summed E-state index contributed by atoms with van der Waals surface area (Å²) in [4.78, 5) is 25.9. The smallest absolute Gasteiger partial charge is 0.321 e. The van der Waals surface area contributed by atoms with Crippen LogP contribution in [0, 0.1) is 17.0 Å². The highest BCUT2D eigenvalue weighted by atomic mass is 35.5. The summed E-state index contributed by atoms with van der Waals surface area (Å²) >= 11 is 6.12. The van der Waals surface area contributed by atoms with E-state index in [2.05, 4.69) is 10.6 Å². The maximum atomic E-state index is 15.0. The number of fused-ring (bicyclic) bond motifs is 2. The molecule has 3 N–H and O–H groups in total. The average molecular weight is 449 g/mol. The minimum absolute atomic E-state index is 0.144. The lowest BCUT2D eigenvalue weighted by Gasteiger charge is -2.37. The number of nitrogens with one attached hydrogen (secondary N) is 2. The van der Waals surface area contributed by atoms with Gasteiger partial charge in [-0.25, -0.2) is 8.78 Å². The highest BCUT2D eigenvalue weighted by Crippen LogP contribution is 2.56. The first kappa shape index (κ1) is 21.7. The molecule has 0 aliphatic carbocycles. The first-order chi connectivity index (χ1) is 14.5. The van der Waals surface area contributed by atoms with Crippen molar-refractivity contribution in [3.63, 3.8) is 0 Å². The average Bonchev–Trinajstić information content (AvgIpc) is 3.12. The molecule has 1 spiro atoms. The second-order valence-corrected chi connectivity index (χ2v) is 9.87. The highest BCUT2D eigenvalue weighted by Gasteiger charge is 2.66. The summed E-state index contributed by atoms with van der Waals surface area (Å²) in [7, 11) is 0. The maximum absolute atomic E-state index is 15.0. The molecule has 1 amide bonds. The molecule has 2 aromatic rings. The minimum Gasteiger partial charge on any atom is -0.480 e. The molecule has 0 saturated carbocycles. The molecular formula is C23H23ClF2N2O3. The Bertz CT molecular complexity index is 1080. The van der Waals surface area contributed by atoms with E-state index in [1.165, 1.54) is 12.1 Å². The van der Waals surface area contributed by atoms with Gasteiger partial charge in [0.05, 0.1) is 0 Å². The molecule has 2 aliphatic heterocycles. The van der Waals surface area contributed by atoms with Crippen LogP contribution in [0.25, 0.3) is 0 Å². The molecule has 5 nitrogen and oxygen atoms in total. The van der Waals surface area contributed by atoms with Gasteiger partial charge in [-0.05, 0) is 41.2 Å². The lowest BCUT2D eigenvalue weighted by molar-refractivity contribution is -0.139. The Hall–Kier alpha value is -2.51. The van der Waals surface area contributed by atoms with Crippen LogP contribution in [0.15, 0.2) is 36.4 Å². The van der Waals surface area contributed by atoms with E-state index in [-0.39, 0.29) is 11.0 Å². The number of halogens is 3. The van der Waals surface area contributed by atoms with Crippen LogP contribution < -0.4 is 10.6 Å². The van der Waals surface area contributed by atoms with Crippen molar-refractivity contribution >= 4 is 29.2 Å². The molecule has 0 aromatic heterocycles. The predicted molar refractivity (Wildman–Crippen MR) is 113 cm³/mol. The minimum atomic E-state index is -1.45. The molecule has 0 bridgehead atoms. The van der Waals surface area contributed by atoms with Crippen LogP contribution in [0.5, 0.6) is 0 Å². The van der Waals surface area contributed by atoms with E-state index >= 15 is 4.39 Å². The lowest BCUT2D eigenvalue weighted by atomic mass is 9.62. The van der Waals surface area contributed by atoms with Gasteiger partial charge in [0, 0.05) is 22.7 Å². The zero-order chi connectivity index (χ0) is 22.7. The molecule has 1 saturated heterocycles. The number of aliphatic carboxylic acids is 1. The Labute approximate surface area is 183 Å². The van der Waals surface area contributed by atoms with Crippen molar-refractivity contribution in [2.75, 3.05) is 5.32 Å². The monoisotopic (exact) mass is 448 g/mol. The first-order valence-corrected chi connectivity index (χ1v) is 10.4. The second-order valence-electron chi connectivity index (χ2n) is 9.43. The van der Waals surface area contributed by atoms with Gasteiger partial charge in [-0.15, -0.1) is 0 Å². The zero-order valence-electron chi connectivity index (χ0n) is 17.3. The fraction of sp³-hybridized carbons (Fsp3) is 0.391. The summed E-state index contributed by atoms with van der Waals surface area (Å²) in [6, 6.07) is 6.59. The van der Waals surface area contributed by atoms with E-state index in [0.29, 0.717) is 22.7 Å². The van der Waals surface area contributed by atoms with Gasteiger partial charge in [-0.2, -0.15) is 0 Å². The van der Waals surface area contributed by atoms with Gasteiger partial charge < -0.3 is 10.4 Å². The van der Waals surface area contributed by atoms with Gasteiger partial charge in [0.25, 0.3) is 0 Å². The van der Waals surface area contributed by atoms with Crippen LogP contribution in [0.3, 0.4) is 0 Å². The van der Waals surface area contributed by atoms with Gasteiger partial charge in [0.15, 0.2) is 11.6 Å². The summed E-state index contributed by atoms with van der Waals surface area (Å²) in [6.07, 6.45) is 0.430. The molecule has 31 heavy (non-hydrogen) atoms. The quantitative estimate of drug-likeness (QED) is 0.648. The molecule has 8 heteroatoms. The topological polar surface area (TPSA) is 78.4 Å². The largest absolute Gasteiger partial charge is 0.480 e. The van der Waals surface area contributed by atoms with Crippen molar-refractivity contribution in [2.45, 2.75) is 50.6 Å². The summed E-state index contributed by atoms with van der Waals surface area (Å²) < 4.78 is 29.2. The van der Waals surface area contributed by atoms with E-state index in [0.717, 1.165) is 6.07 Å². The van der Waals surface area contributed by atoms with Crippen molar-refractivity contribution in [1.29, 1.82) is 0 Å². The number of carbonyl (C=O) groups excluding carboxylic acids is 1. The highest BCUT2D eigenvalue weighted by molar-refractivity contribution is 6.31. The first-order valence-electron chi connectivity index (χ1n) is 10.0. The SMILES string of the molecule is CC(C)(C)C[C@@H]1N[C@@H](C(=O)O)[C@H](c2cccc(F)c2F)C12C(=O)Nc1cc(Cl)ccc12. The van der Waals surface area contributed by atoms with E-state index < -0.39 is 46.9 Å². The van der Waals surface area contributed by atoms with Crippen molar-refractivity contribution < 1.29 is 23.5 Å². The number of carbonyl (C=O) groups is 2. The van der Waals surface area contributed by atoms with Crippen LogP contribution in [-0.4, -0.2) is 29.1 Å². The third kappa shape index (κ3) is 3.31. The molecule has 4 atom stereocenters. The van der Waals surface area contributed by atoms with Crippen molar-refractivity contribution in [3.05, 3.63) is 64.2 Å². The molecule has 2 aliphatic rings. The Balaban J connectivity index is 2.04. The van der Waals surface area contributed by atoms with Crippen LogP contribution in [-0.2, 0) is 15.0 Å². The molecule has 4 rings (SSSR count). The van der Waals surface area contributed by atoms with E-state index in [9.17, 15) is 19.1 Å². The van der Waals surface area contributed by atoms with Crippen molar-refractivity contribution in [2.24, 2.45) is 5.41 Å². The molecule has 164 valence electrons. The Morgan fingerprint density at radius 1 is 1.23 bits per heavy atom. The van der Waals surface area contributed by atoms with Crippen LogP contribution >= 0.6 is 11.6 Å². The summed E-state index contributed by atoms with van der Waals surface area (Å²) in [5, 5.41) is 16.3. The molecule has 1 unspecified atom stereocenters. The fourth-order valence-corrected chi connectivity index (χ4v) is 5.31. The van der Waals surface area contributed by atoms with Crippen LogP contribution in [0.1, 0.15) is 44.2 Å². The summed E-state index contributed by atoms with van der Waals surface area (Å²) in [5.74, 6) is -5.10. The third-order valence-electron chi connectivity index (χ3n) is 6.20. The molecule has 2 heterocycles. The Kier molecular flexibility index (Phi) is 5.10.